The van der Waals surface area contributed by atoms with Crippen molar-refractivity contribution in [3.63, 3.8) is 0 Å². The molecule has 0 bridgehead atoms. The first-order valence-corrected chi connectivity index (χ1v) is 4.57. The Hall–Kier alpha value is -0.455. The Kier molecular flexibility index (Phi) is 4.37. The molecule has 0 saturated carbocycles. The molecule has 0 N–H and O–H groups in total. The van der Waals surface area contributed by atoms with Crippen molar-refractivity contribution in [1.82, 2.24) is 0 Å². The van der Waals surface area contributed by atoms with E-state index in [4.69, 9.17) is 0 Å². The highest BCUT2D eigenvalue weighted by atomic mass is 14.1. The quantitative estimate of drug-likeness (QED) is 0.426. The van der Waals surface area contributed by atoms with Gasteiger partial charge in [0.25, 0.3) is 0 Å². The topological polar surface area (TPSA) is 0 Å². The monoisotopic (exact) mass is 163 g/mol. The van der Waals surface area contributed by atoms with Crippen LogP contribution in [0, 0.1) is 0 Å². The second kappa shape index (κ2) is 4.54. The van der Waals surface area contributed by atoms with Gasteiger partial charge >= 0.3 is 0 Å². The molecule has 67 valence electrons. The molecule has 0 nitrogen and oxygen atoms in total. The fraction of sp³-hybridized carbons (Fsp3) is 0.636. The van der Waals surface area contributed by atoms with Gasteiger partial charge in [-0.05, 0) is 18.7 Å². The van der Waals surface area contributed by atoms with Crippen LogP contribution >= 0.6 is 0 Å². The number of allylic oxidation sites excluding steroid dienone is 2. The maximum atomic E-state index is 3.97. The van der Waals surface area contributed by atoms with Gasteiger partial charge in [0.15, 0.2) is 0 Å². The first-order chi connectivity index (χ1) is 5.40. The fourth-order valence-corrected chi connectivity index (χ4v) is 0.718. The average Bonchev–Trinajstić information content (AvgIpc) is 2.00. The highest BCUT2D eigenvalue weighted by Crippen LogP contribution is 2.33. The van der Waals surface area contributed by atoms with Gasteiger partial charge < -0.3 is 0 Å². The van der Waals surface area contributed by atoms with Crippen LogP contribution in [-0.2, 0) is 0 Å². The third kappa shape index (κ3) is 3.80. The van der Waals surface area contributed by atoms with Crippen molar-refractivity contribution in [1.29, 1.82) is 0 Å². The summed E-state index contributed by atoms with van der Waals surface area (Å²) < 4.78 is 0. The lowest BCUT2D eigenvalue weighted by atomic mass is 9.49. The molecular weight excluding hydrogens is 143 g/mol. The molecule has 0 aromatic rings. The summed E-state index contributed by atoms with van der Waals surface area (Å²) in [6.45, 7) is 16.5. The summed E-state index contributed by atoms with van der Waals surface area (Å²) in [5.74, 6) is 0. The highest BCUT2D eigenvalue weighted by Gasteiger charge is 2.19. The lowest BCUT2D eigenvalue weighted by molar-refractivity contribution is 0.784. The van der Waals surface area contributed by atoms with Gasteiger partial charge in [-0.2, -0.15) is 0 Å². The van der Waals surface area contributed by atoms with Crippen molar-refractivity contribution in [2.45, 2.75) is 45.8 Å². The summed E-state index contributed by atoms with van der Waals surface area (Å²) in [7, 11) is 2.29. The van der Waals surface area contributed by atoms with E-state index in [1.807, 2.05) is 0 Å². The van der Waals surface area contributed by atoms with Crippen molar-refractivity contribution in [2.24, 2.45) is 0 Å². The van der Waals surface area contributed by atoms with Crippen LogP contribution < -0.4 is 0 Å². The maximum Gasteiger partial charge on any atom is 0.127 e. The Balaban J connectivity index is 3.92. The van der Waals surface area contributed by atoms with E-state index in [0.29, 0.717) is 0 Å². The number of rotatable bonds is 5. The summed E-state index contributed by atoms with van der Waals surface area (Å²) >= 11 is 0. The molecule has 0 aromatic carbocycles. The molecule has 0 unspecified atom stereocenters. The van der Waals surface area contributed by atoms with Crippen LogP contribution in [0.5, 0.6) is 0 Å². The fourth-order valence-electron chi connectivity index (χ4n) is 0.718. The minimum absolute atomic E-state index is 0.151. The Morgan fingerprint density at radius 3 is 2.17 bits per heavy atom. The van der Waals surface area contributed by atoms with Gasteiger partial charge in [0.1, 0.15) is 7.28 Å². The van der Waals surface area contributed by atoms with Crippen molar-refractivity contribution in [3.8, 4) is 0 Å². The molecule has 0 amide bonds. The van der Waals surface area contributed by atoms with E-state index >= 15 is 0 Å². The standard InChI is InChI=1S/C11H20B/c1-7-10(4)8-12-11(5,6)9(2)3/h2,4,7-8H2,1,3,5-6H3. The van der Waals surface area contributed by atoms with E-state index in [2.05, 4.69) is 48.1 Å². The highest BCUT2D eigenvalue weighted by molar-refractivity contribution is 6.41. The van der Waals surface area contributed by atoms with Gasteiger partial charge in [0, 0.05) is 0 Å². The third-order valence-corrected chi connectivity index (χ3v) is 2.50. The first kappa shape index (κ1) is 11.5. The van der Waals surface area contributed by atoms with Gasteiger partial charge in [-0.3, -0.25) is 0 Å². The van der Waals surface area contributed by atoms with Crippen LogP contribution in [0.1, 0.15) is 34.1 Å². The summed E-state index contributed by atoms with van der Waals surface area (Å²) in [4.78, 5) is 0. The molecule has 0 rings (SSSR count). The SMILES string of the molecule is C=C(CC)C[B]C(C)(C)C(=C)C. The van der Waals surface area contributed by atoms with Gasteiger partial charge in [-0.15, -0.1) is 13.2 Å². The lowest BCUT2D eigenvalue weighted by Crippen LogP contribution is -2.13. The predicted molar refractivity (Wildman–Crippen MR) is 58.8 cm³/mol. The maximum absolute atomic E-state index is 3.97. The normalized spacial score (nSPS) is 11.0. The molecule has 1 radical (unpaired) electrons. The summed E-state index contributed by atoms with van der Waals surface area (Å²) in [6, 6.07) is 0. The molecule has 0 aromatic heterocycles. The molecule has 0 heterocycles. The van der Waals surface area contributed by atoms with Gasteiger partial charge in [0.2, 0.25) is 0 Å². The zero-order valence-electron chi connectivity index (χ0n) is 8.91. The van der Waals surface area contributed by atoms with E-state index in [1.54, 1.807) is 0 Å². The van der Waals surface area contributed by atoms with Crippen LogP contribution in [0.15, 0.2) is 24.3 Å². The van der Waals surface area contributed by atoms with Crippen LogP contribution in [0.2, 0.25) is 11.6 Å². The van der Waals surface area contributed by atoms with Crippen molar-refractivity contribution >= 4 is 7.28 Å². The summed E-state index contributed by atoms with van der Waals surface area (Å²) in [6.07, 6.45) is 2.08. The van der Waals surface area contributed by atoms with E-state index in [1.165, 1.54) is 11.1 Å². The molecular formula is C11H20B. The van der Waals surface area contributed by atoms with Crippen molar-refractivity contribution in [3.05, 3.63) is 24.3 Å². The summed E-state index contributed by atoms with van der Waals surface area (Å²) in [5.41, 5.74) is 2.51. The van der Waals surface area contributed by atoms with E-state index in [0.717, 1.165) is 12.7 Å². The van der Waals surface area contributed by atoms with Crippen LogP contribution in [-0.4, -0.2) is 7.28 Å². The van der Waals surface area contributed by atoms with E-state index in [9.17, 15) is 0 Å². The smallest absolute Gasteiger partial charge is 0.101 e. The van der Waals surface area contributed by atoms with Gasteiger partial charge in [-0.1, -0.05) is 38.2 Å². The molecule has 0 atom stereocenters. The van der Waals surface area contributed by atoms with Gasteiger partial charge in [0.05, 0.1) is 0 Å². The largest absolute Gasteiger partial charge is 0.127 e. The first-order valence-electron chi connectivity index (χ1n) is 4.57. The minimum Gasteiger partial charge on any atom is -0.101 e. The molecule has 0 aliphatic heterocycles. The molecule has 1 heteroatoms. The zero-order chi connectivity index (χ0) is 9.78. The number of hydrogen-bond acceptors (Lipinski definition) is 0. The third-order valence-electron chi connectivity index (χ3n) is 2.50. The molecule has 0 fully saturated rings. The Bertz CT molecular complexity index is 177. The molecule has 0 spiro atoms. The van der Waals surface area contributed by atoms with Crippen LogP contribution in [0.25, 0.3) is 0 Å². The molecule has 0 aliphatic carbocycles. The second-order valence-corrected chi connectivity index (χ2v) is 4.01. The molecule has 0 aliphatic rings. The Morgan fingerprint density at radius 2 is 1.83 bits per heavy atom. The van der Waals surface area contributed by atoms with Crippen molar-refractivity contribution < 1.29 is 0 Å². The second-order valence-electron chi connectivity index (χ2n) is 4.01. The van der Waals surface area contributed by atoms with Gasteiger partial charge in [-0.25, -0.2) is 0 Å². The Morgan fingerprint density at radius 1 is 1.33 bits per heavy atom. The Labute approximate surface area is 78.0 Å². The van der Waals surface area contributed by atoms with Crippen LogP contribution in [0.3, 0.4) is 0 Å². The average molecular weight is 163 g/mol. The van der Waals surface area contributed by atoms with Crippen molar-refractivity contribution in [2.75, 3.05) is 0 Å². The van der Waals surface area contributed by atoms with Crippen LogP contribution in [0.4, 0.5) is 0 Å². The van der Waals surface area contributed by atoms with E-state index in [-0.39, 0.29) is 5.31 Å². The number of hydrogen-bond donors (Lipinski definition) is 0. The zero-order valence-corrected chi connectivity index (χ0v) is 8.91. The lowest BCUT2D eigenvalue weighted by Gasteiger charge is -2.24. The molecule has 0 saturated heterocycles. The molecule has 12 heavy (non-hydrogen) atoms. The van der Waals surface area contributed by atoms with E-state index < -0.39 is 0 Å². The predicted octanol–water partition coefficient (Wildman–Crippen LogP) is 3.85. The summed E-state index contributed by atoms with van der Waals surface area (Å²) in [5, 5.41) is 0.151. The minimum atomic E-state index is 0.151.